The number of piperidine rings is 2. The Balaban J connectivity index is 0.768. The summed E-state index contributed by atoms with van der Waals surface area (Å²) in [4.78, 5) is 82.1. The van der Waals surface area contributed by atoms with Gasteiger partial charge in [-0.05, 0) is 80.5 Å². The fourth-order valence-corrected chi connectivity index (χ4v) is 11.7. The number of imide groups is 2. The molecule has 5 amide bonds. The van der Waals surface area contributed by atoms with Crippen molar-refractivity contribution in [3.8, 4) is 17.6 Å². The van der Waals surface area contributed by atoms with E-state index < -0.39 is 29.7 Å². The van der Waals surface area contributed by atoms with Gasteiger partial charge in [0.25, 0.3) is 17.7 Å². The molecular formula is C51H63N9O8. The first-order chi connectivity index (χ1) is 32.5. The SMILES string of the molecule is Cc1cc(OC2C(C)(C)C(NC(=O)c3cnc(N4CCC(CN(CCN5CCOCC5)C5CC(Oc6ccc7c(c6)C(=O)N(C6CCC(=O)NC6=O)C7=O)C5)CC4)nc3)C2(C)C)cc(C)c1C#N. The zero-order valence-corrected chi connectivity index (χ0v) is 40.0. The number of carbonyl (C=O) groups excluding carboxylic acids is 5. The smallest absolute Gasteiger partial charge is 0.262 e. The highest BCUT2D eigenvalue weighted by Crippen LogP contribution is 2.55. The molecule has 17 nitrogen and oxygen atoms in total. The third kappa shape index (κ3) is 9.17. The number of rotatable bonds is 14. The molecule has 360 valence electrons. The third-order valence-corrected chi connectivity index (χ3v) is 15.4. The largest absolute Gasteiger partial charge is 0.490 e. The molecule has 68 heavy (non-hydrogen) atoms. The normalized spacial score (nSPS) is 25.8. The number of hydrogen-bond acceptors (Lipinski definition) is 14. The second kappa shape index (κ2) is 18.9. The van der Waals surface area contributed by atoms with Crippen LogP contribution < -0.4 is 25.0 Å². The molecule has 1 aromatic heterocycles. The minimum atomic E-state index is -1.01. The van der Waals surface area contributed by atoms with Gasteiger partial charge in [0.1, 0.15) is 29.7 Å². The average molecular weight is 930 g/mol. The second-order valence-corrected chi connectivity index (χ2v) is 20.8. The van der Waals surface area contributed by atoms with Crippen molar-refractivity contribution in [1.82, 2.24) is 35.3 Å². The predicted octanol–water partition coefficient (Wildman–Crippen LogP) is 4.44. The van der Waals surface area contributed by atoms with Crippen LogP contribution in [0, 0.1) is 41.9 Å². The number of nitriles is 1. The van der Waals surface area contributed by atoms with E-state index in [-0.39, 0.29) is 59.0 Å². The molecule has 1 unspecified atom stereocenters. The molecule has 1 atom stereocenters. The van der Waals surface area contributed by atoms with Crippen LogP contribution in [0.1, 0.15) is 114 Å². The molecule has 5 fully saturated rings. The lowest BCUT2D eigenvalue weighted by Gasteiger charge is -2.63. The summed E-state index contributed by atoms with van der Waals surface area (Å²) in [5, 5.41) is 15.0. The van der Waals surface area contributed by atoms with Crippen LogP contribution >= 0.6 is 0 Å². The van der Waals surface area contributed by atoms with E-state index in [1.165, 1.54) is 0 Å². The number of morpholine rings is 1. The highest BCUT2D eigenvalue weighted by molar-refractivity contribution is 6.23. The zero-order valence-electron chi connectivity index (χ0n) is 40.0. The van der Waals surface area contributed by atoms with Crippen molar-refractivity contribution in [2.45, 2.75) is 110 Å². The van der Waals surface area contributed by atoms with Gasteiger partial charge in [0.2, 0.25) is 17.8 Å². The van der Waals surface area contributed by atoms with Crippen LogP contribution in [0.4, 0.5) is 5.95 Å². The molecule has 0 bridgehead atoms. The molecule has 0 radical (unpaired) electrons. The molecule has 2 aliphatic carbocycles. The molecule has 2 saturated carbocycles. The summed E-state index contributed by atoms with van der Waals surface area (Å²) in [6.45, 7) is 20.1. The number of amides is 5. The number of nitrogens with zero attached hydrogens (tertiary/aromatic N) is 7. The Morgan fingerprint density at radius 3 is 2.21 bits per heavy atom. The fraction of sp³-hybridized carbons (Fsp3) is 0.569. The van der Waals surface area contributed by atoms with Crippen molar-refractivity contribution in [2.75, 3.05) is 63.9 Å². The van der Waals surface area contributed by atoms with E-state index >= 15 is 0 Å². The Bertz CT molecular complexity index is 2460. The molecular weight excluding hydrogens is 867 g/mol. The van der Waals surface area contributed by atoms with Gasteiger partial charge in [-0.25, -0.2) is 9.97 Å². The summed E-state index contributed by atoms with van der Waals surface area (Å²) in [7, 11) is 0. The van der Waals surface area contributed by atoms with E-state index in [0.717, 1.165) is 106 Å². The van der Waals surface area contributed by atoms with E-state index in [9.17, 15) is 29.2 Å². The lowest BCUT2D eigenvalue weighted by Crippen LogP contribution is -2.74. The monoisotopic (exact) mass is 929 g/mol. The Morgan fingerprint density at radius 1 is 0.897 bits per heavy atom. The van der Waals surface area contributed by atoms with Crippen molar-refractivity contribution in [3.63, 3.8) is 0 Å². The minimum Gasteiger partial charge on any atom is -0.490 e. The molecule has 4 aliphatic heterocycles. The lowest BCUT2D eigenvalue weighted by molar-refractivity contribution is -0.164. The van der Waals surface area contributed by atoms with Gasteiger partial charge in [0.15, 0.2) is 0 Å². The van der Waals surface area contributed by atoms with Gasteiger partial charge in [-0.3, -0.25) is 44.0 Å². The van der Waals surface area contributed by atoms with Crippen molar-refractivity contribution in [3.05, 3.63) is 76.1 Å². The van der Waals surface area contributed by atoms with E-state index in [0.29, 0.717) is 34.8 Å². The number of benzene rings is 2. The van der Waals surface area contributed by atoms with E-state index in [1.807, 2.05) is 26.0 Å². The molecule has 2 aromatic carbocycles. The number of nitrogens with one attached hydrogen (secondary N) is 2. The molecule has 6 aliphatic rings. The van der Waals surface area contributed by atoms with Gasteiger partial charge < -0.3 is 24.4 Å². The molecule has 3 aromatic rings. The number of aryl methyl sites for hydroxylation is 2. The van der Waals surface area contributed by atoms with Crippen molar-refractivity contribution in [2.24, 2.45) is 16.7 Å². The average Bonchev–Trinajstić information content (AvgIpc) is 3.55. The Morgan fingerprint density at radius 2 is 1.56 bits per heavy atom. The second-order valence-electron chi connectivity index (χ2n) is 20.8. The van der Waals surface area contributed by atoms with Gasteiger partial charge in [-0.15, -0.1) is 0 Å². The van der Waals surface area contributed by atoms with Crippen molar-refractivity contribution < 1.29 is 38.2 Å². The number of hydrogen-bond donors (Lipinski definition) is 2. The Labute approximate surface area is 397 Å². The standard InChI is InChI=1S/C51H63N9O8/c1-30-21-36(22-31(2)40(30)26-52)68-48-50(3,4)47(51(48,5)6)56-43(62)33-27-53-49(54-28-33)58-13-11-32(12-14-58)29-59(16-15-57-17-19-66-20-18-57)34-23-37(24-34)67-35-7-8-38-39(25-35)46(65)60(45(38)64)41-9-10-42(61)55-44(41)63/h7-8,21-22,25,27-28,32,34,37,41,47-48H,9-20,23-24,29H2,1-6H3,(H,56,62)(H,55,61,63). The zero-order chi connectivity index (χ0) is 48.1. The van der Waals surface area contributed by atoms with Gasteiger partial charge in [0.05, 0.1) is 41.5 Å². The summed E-state index contributed by atoms with van der Waals surface area (Å²) in [5.41, 5.74) is 2.54. The maximum Gasteiger partial charge on any atom is 0.262 e. The molecule has 2 N–H and O–H groups in total. The van der Waals surface area contributed by atoms with Gasteiger partial charge in [-0.1, -0.05) is 27.7 Å². The number of anilines is 1. The maximum absolute atomic E-state index is 13.6. The minimum absolute atomic E-state index is 0.0436. The van der Waals surface area contributed by atoms with Gasteiger partial charge >= 0.3 is 0 Å². The van der Waals surface area contributed by atoms with Crippen molar-refractivity contribution in [1.29, 1.82) is 5.26 Å². The van der Waals surface area contributed by atoms with E-state index in [2.05, 4.69) is 69.1 Å². The Kier molecular flexibility index (Phi) is 13.1. The number of aromatic nitrogens is 2. The number of carbonyl (C=O) groups is 5. The quantitative estimate of drug-likeness (QED) is 0.215. The van der Waals surface area contributed by atoms with E-state index in [4.69, 9.17) is 14.2 Å². The van der Waals surface area contributed by atoms with Crippen LogP contribution in [0.3, 0.4) is 0 Å². The summed E-state index contributed by atoms with van der Waals surface area (Å²) in [6.07, 6.45) is 6.86. The number of ether oxygens (including phenoxy) is 3. The first kappa shape index (κ1) is 47.1. The highest BCUT2D eigenvalue weighted by atomic mass is 16.5. The van der Waals surface area contributed by atoms with Crippen molar-refractivity contribution >= 4 is 35.5 Å². The van der Waals surface area contributed by atoms with Crippen LogP contribution in [0.15, 0.2) is 42.7 Å². The van der Waals surface area contributed by atoms with E-state index in [1.54, 1.807) is 30.6 Å². The molecule has 3 saturated heterocycles. The van der Waals surface area contributed by atoms with Crippen LogP contribution in [0.5, 0.6) is 11.5 Å². The predicted molar refractivity (Wildman–Crippen MR) is 250 cm³/mol. The lowest BCUT2D eigenvalue weighted by atomic mass is 9.49. The third-order valence-electron chi connectivity index (χ3n) is 15.4. The molecule has 17 heteroatoms. The van der Waals surface area contributed by atoms with Crippen LogP contribution in [-0.2, 0) is 14.3 Å². The molecule has 5 heterocycles. The molecule has 9 rings (SSSR count). The van der Waals surface area contributed by atoms with Crippen LogP contribution in [0.25, 0.3) is 0 Å². The van der Waals surface area contributed by atoms with Crippen LogP contribution in [-0.4, -0.2) is 144 Å². The van der Waals surface area contributed by atoms with Gasteiger partial charge in [-0.2, -0.15) is 5.26 Å². The van der Waals surface area contributed by atoms with Crippen LogP contribution in [0.2, 0.25) is 0 Å². The summed E-state index contributed by atoms with van der Waals surface area (Å²) in [6, 6.07) is 10.2. The number of fused-ring (bicyclic) bond motifs is 1. The summed E-state index contributed by atoms with van der Waals surface area (Å²) < 4.78 is 18.6. The molecule has 0 spiro atoms. The maximum atomic E-state index is 13.6. The first-order valence-corrected chi connectivity index (χ1v) is 24.1. The fourth-order valence-electron chi connectivity index (χ4n) is 11.7. The summed E-state index contributed by atoms with van der Waals surface area (Å²) >= 11 is 0. The highest BCUT2D eigenvalue weighted by Gasteiger charge is 2.64. The topological polar surface area (TPSA) is 200 Å². The summed E-state index contributed by atoms with van der Waals surface area (Å²) in [5.74, 6) is -0.000426. The van der Waals surface area contributed by atoms with Gasteiger partial charge in [0, 0.05) is 100 Å². The Hall–Kier alpha value is -5.96. The first-order valence-electron chi connectivity index (χ1n) is 24.1.